The summed E-state index contributed by atoms with van der Waals surface area (Å²) in [6.45, 7) is 7.01. The molecule has 0 saturated heterocycles. The topological polar surface area (TPSA) is 64.9 Å². The average Bonchev–Trinajstić information content (AvgIpc) is 2.37. The molecule has 0 aliphatic rings. The summed E-state index contributed by atoms with van der Waals surface area (Å²) in [7, 11) is 0. The van der Waals surface area contributed by atoms with E-state index in [9.17, 15) is 0 Å². The minimum Gasteiger partial charge on any atom is -0.383 e. The predicted molar refractivity (Wildman–Crippen MR) is 80.7 cm³/mol. The van der Waals surface area contributed by atoms with E-state index < -0.39 is 0 Å². The molecule has 100 valence electrons. The van der Waals surface area contributed by atoms with E-state index in [0.29, 0.717) is 12.4 Å². The van der Waals surface area contributed by atoms with Crippen molar-refractivity contribution in [3.8, 4) is 11.1 Å². The minimum absolute atomic E-state index is 0.122. The fourth-order valence-corrected chi connectivity index (χ4v) is 2.15. The molecule has 0 aliphatic carbocycles. The molecule has 0 radical (unpaired) electrons. The Morgan fingerprint density at radius 2 is 1.89 bits per heavy atom. The van der Waals surface area contributed by atoms with Gasteiger partial charge in [0.25, 0.3) is 0 Å². The van der Waals surface area contributed by atoms with Crippen LogP contribution in [0.4, 0.5) is 5.82 Å². The largest absolute Gasteiger partial charge is 0.383 e. The molecular weight excluding hydrogens is 234 g/mol. The maximum atomic E-state index is 5.90. The highest BCUT2D eigenvalue weighted by Gasteiger charge is 2.15. The van der Waals surface area contributed by atoms with Gasteiger partial charge in [-0.25, -0.2) is 4.98 Å². The summed E-state index contributed by atoms with van der Waals surface area (Å²) in [6.07, 6.45) is 1.73. The molecular formula is C16H21N3. The van der Waals surface area contributed by atoms with Gasteiger partial charge in [0.15, 0.2) is 0 Å². The quantitative estimate of drug-likeness (QED) is 0.866. The van der Waals surface area contributed by atoms with Crippen LogP contribution in [-0.2, 0) is 12.0 Å². The Labute approximate surface area is 114 Å². The lowest BCUT2D eigenvalue weighted by Crippen LogP contribution is -2.11. The SMILES string of the molecule is CC(C)(C)c1cccc(-c2ccnc(N)c2CN)c1. The molecule has 0 fully saturated rings. The average molecular weight is 255 g/mol. The van der Waals surface area contributed by atoms with Crippen LogP contribution in [0.15, 0.2) is 36.5 Å². The number of aromatic nitrogens is 1. The van der Waals surface area contributed by atoms with Crippen LogP contribution in [0, 0.1) is 0 Å². The van der Waals surface area contributed by atoms with Gasteiger partial charge in [-0.3, -0.25) is 0 Å². The molecule has 3 nitrogen and oxygen atoms in total. The second-order valence-electron chi connectivity index (χ2n) is 5.76. The van der Waals surface area contributed by atoms with Gasteiger partial charge in [0.05, 0.1) is 0 Å². The molecule has 0 atom stereocenters. The third-order valence-corrected chi connectivity index (χ3v) is 3.33. The molecule has 2 rings (SSSR count). The number of rotatable bonds is 2. The van der Waals surface area contributed by atoms with Crippen molar-refractivity contribution in [2.24, 2.45) is 5.73 Å². The van der Waals surface area contributed by atoms with Crippen molar-refractivity contribution in [3.05, 3.63) is 47.7 Å². The van der Waals surface area contributed by atoms with Crippen LogP contribution in [0.2, 0.25) is 0 Å². The summed E-state index contributed by atoms with van der Waals surface area (Å²) in [4.78, 5) is 4.11. The molecule has 19 heavy (non-hydrogen) atoms. The summed E-state index contributed by atoms with van der Waals surface area (Å²) in [6, 6.07) is 10.5. The number of pyridine rings is 1. The number of hydrogen-bond acceptors (Lipinski definition) is 3. The van der Waals surface area contributed by atoms with E-state index in [1.165, 1.54) is 5.56 Å². The highest BCUT2D eigenvalue weighted by atomic mass is 14.8. The van der Waals surface area contributed by atoms with Crippen LogP contribution in [0.1, 0.15) is 31.9 Å². The summed E-state index contributed by atoms with van der Waals surface area (Å²) in [5, 5.41) is 0. The van der Waals surface area contributed by atoms with Crippen molar-refractivity contribution in [1.29, 1.82) is 0 Å². The molecule has 3 heteroatoms. The molecule has 0 aliphatic heterocycles. The van der Waals surface area contributed by atoms with Crippen LogP contribution in [-0.4, -0.2) is 4.98 Å². The molecule has 1 aromatic carbocycles. The standard InChI is InChI=1S/C16H21N3/c1-16(2,3)12-6-4-5-11(9-12)13-7-8-19-15(18)14(13)10-17/h4-9H,10,17H2,1-3H3,(H2,18,19). The molecule has 0 spiro atoms. The van der Waals surface area contributed by atoms with Crippen molar-refractivity contribution in [2.75, 3.05) is 5.73 Å². The Balaban J connectivity index is 2.57. The number of benzene rings is 1. The zero-order valence-corrected chi connectivity index (χ0v) is 11.8. The molecule has 2 aromatic rings. The summed E-state index contributed by atoms with van der Waals surface area (Å²) in [5.41, 5.74) is 16.2. The monoisotopic (exact) mass is 255 g/mol. The zero-order valence-electron chi connectivity index (χ0n) is 11.8. The molecule has 1 heterocycles. The van der Waals surface area contributed by atoms with Gasteiger partial charge in [0.2, 0.25) is 0 Å². The van der Waals surface area contributed by atoms with Crippen LogP contribution in [0.25, 0.3) is 11.1 Å². The molecule has 0 amide bonds. The molecule has 0 bridgehead atoms. The van der Waals surface area contributed by atoms with Crippen molar-refractivity contribution in [2.45, 2.75) is 32.7 Å². The van der Waals surface area contributed by atoms with Gasteiger partial charge in [0, 0.05) is 18.3 Å². The molecule has 1 aromatic heterocycles. The zero-order chi connectivity index (χ0) is 14.0. The Morgan fingerprint density at radius 3 is 2.53 bits per heavy atom. The van der Waals surface area contributed by atoms with Gasteiger partial charge >= 0.3 is 0 Å². The number of hydrogen-bond donors (Lipinski definition) is 2. The number of nitrogens with zero attached hydrogens (tertiary/aromatic N) is 1. The van der Waals surface area contributed by atoms with Gasteiger partial charge in [-0.05, 0) is 28.2 Å². The fraction of sp³-hybridized carbons (Fsp3) is 0.312. The smallest absolute Gasteiger partial charge is 0.128 e. The summed E-state index contributed by atoms with van der Waals surface area (Å²) in [5.74, 6) is 0.515. The first-order valence-corrected chi connectivity index (χ1v) is 6.48. The second kappa shape index (κ2) is 5.02. The van der Waals surface area contributed by atoms with Crippen LogP contribution in [0.3, 0.4) is 0 Å². The van der Waals surface area contributed by atoms with E-state index in [-0.39, 0.29) is 5.41 Å². The third-order valence-electron chi connectivity index (χ3n) is 3.33. The van der Waals surface area contributed by atoms with E-state index in [1.54, 1.807) is 6.20 Å². The van der Waals surface area contributed by atoms with Crippen molar-refractivity contribution < 1.29 is 0 Å². The van der Waals surface area contributed by atoms with Crippen LogP contribution < -0.4 is 11.5 Å². The molecule has 0 saturated carbocycles. The number of nitrogen functional groups attached to an aromatic ring is 1. The van der Waals surface area contributed by atoms with E-state index in [1.807, 2.05) is 6.07 Å². The Bertz CT molecular complexity index is 583. The Hall–Kier alpha value is -1.87. The van der Waals surface area contributed by atoms with Crippen LogP contribution >= 0.6 is 0 Å². The van der Waals surface area contributed by atoms with E-state index in [0.717, 1.165) is 16.7 Å². The highest BCUT2D eigenvalue weighted by Crippen LogP contribution is 2.30. The van der Waals surface area contributed by atoms with Gasteiger partial charge in [-0.15, -0.1) is 0 Å². The lowest BCUT2D eigenvalue weighted by molar-refractivity contribution is 0.590. The van der Waals surface area contributed by atoms with E-state index in [4.69, 9.17) is 11.5 Å². The first kappa shape index (κ1) is 13.6. The van der Waals surface area contributed by atoms with Crippen molar-refractivity contribution >= 4 is 5.82 Å². The maximum absolute atomic E-state index is 5.90. The highest BCUT2D eigenvalue weighted by molar-refractivity contribution is 5.71. The normalized spacial score (nSPS) is 11.6. The lowest BCUT2D eigenvalue weighted by Gasteiger charge is -2.20. The van der Waals surface area contributed by atoms with E-state index in [2.05, 4.69) is 50.0 Å². The Kier molecular flexibility index (Phi) is 3.58. The first-order valence-electron chi connectivity index (χ1n) is 6.48. The third kappa shape index (κ3) is 2.76. The molecule has 4 N–H and O–H groups in total. The van der Waals surface area contributed by atoms with Crippen molar-refractivity contribution in [3.63, 3.8) is 0 Å². The van der Waals surface area contributed by atoms with Crippen LogP contribution in [0.5, 0.6) is 0 Å². The first-order chi connectivity index (χ1) is 8.93. The van der Waals surface area contributed by atoms with Gasteiger partial charge in [0.1, 0.15) is 5.82 Å². The second-order valence-corrected chi connectivity index (χ2v) is 5.76. The molecule has 0 unspecified atom stereocenters. The van der Waals surface area contributed by atoms with Crippen molar-refractivity contribution in [1.82, 2.24) is 4.98 Å². The van der Waals surface area contributed by atoms with E-state index >= 15 is 0 Å². The number of nitrogens with two attached hydrogens (primary N) is 2. The van der Waals surface area contributed by atoms with Gasteiger partial charge < -0.3 is 11.5 Å². The summed E-state index contributed by atoms with van der Waals surface area (Å²) < 4.78 is 0. The minimum atomic E-state index is 0.122. The van der Waals surface area contributed by atoms with Gasteiger partial charge in [-0.2, -0.15) is 0 Å². The lowest BCUT2D eigenvalue weighted by atomic mass is 9.85. The Morgan fingerprint density at radius 1 is 1.16 bits per heavy atom. The number of anilines is 1. The fourth-order valence-electron chi connectivity index (χ4n) is 2.15. The predicted octanol–water partition coefficient (Wildman–Crippen LogP) is 3.09. The summed E-state index contributed by atoms with van der Waals surface area (Å²) >= 11 is 0. The maximum Gasteiger partial charge on any atom is 0.128 e. The van der Waals surface area contributed by atoms with Gasteiger partial charge in [-0.1, -0.05) is 45.0 Å².